The van der Waals surface area contributed by atoms with Crippen molar-refractivity contribution in [2.45, 2.75) is 38.4 Å². The SMILES string of the molecule is CCN(CC)S(=O)(=O)c1ccc(C)c(C(=O)NCc2cccc(C(F)(F)F)c2)c1. The van der Waals surface area contributed by atoms with Gasteiger partial charge in [-0.15, -0.1) is 0 Å². The van der Waals surface area contributed by atoms with Crippen LogP contribution in [0.2, 0.25) is 0 Å². The third-order valence-corrected chi connectivity index (χ3v) is 6.55. The van der Waals surface area contributed by atoms with Gasteiger partial charge in [-0.1, -0.05) is 32.0 Å². The molecule has 0 aliphatic heterocycles. The topological polar surface area (TPSA) is 66.5 Å². The van der Waals surface area contributed by atoms with Crippen molar-refractivity contribution < 1.29 is 26.4 Å². The highest BCUT2D eigenvalue weighted by atomic mass is 32.2. The summed E-state index contributed by atoms with van der Waals surface area (Å²) in [5.74, 6) is -0.559. The quantitative estimate of drug-likeness (QED) is 0.726. The second kappa shape index (κ2) is 8.96. The average Bonchev–Trinajstić information content (AvgIpc) is 2.66. The zero-order chi connectivity index (χ0) is 21.8. The molecule has 0 heterocycles. The summed E-state index contributed by atoms with van der Waals surface area (Å²) in [6.45, 7) is 5.58. The average molecular weight is 428 g/mol. The van der Waals surface area contributed by atoms with Crippen molar-refractivity contribution in [1.29, 1.82) is 0 Å². The Morgan fingerprint density at radius 1 is 1.07 bits per heavy atom. The highest BCUT2D eigenvalue weighted by Gasteiger charge is 2.30. The molecule has 1 amide bonds. The van der Waals surface area contributed by atoms with Crippen molar-refractivity contribution in [2.24, 2.45) is 0 Å². The van der Waals surface area contributed by atoms with Crippen LogP contribution in [-0.2, 0) is 22.7 Å². The van der Waals surface area contributed by atoms with Crippen molar-refractivity contribution in [3.8, 4) is 0 Å². The van der Waals surface area contributed by atoms with E-state index in [1.807, 2.05) is 0 Å². The number of sulfonamides is 1. The van der Waals surface area contributed by atoms with Crippen LogP contribution in [0.3, 0.4) is 0 Å². The van der Waals surface area contributed by atoms with Crippen molar-refractivity contribution in [3.05, 3.63) is 64.7 Å². The number of nitrogens with one attached hydrogen (secondary N) is 1. The minimum atomic E-state index is -4.47. The number of hydrogen-bond donors (Lipinski definition) is 1. The van der Waals surface area contributed by atoms with Crippen LogP contribution in [0.5, 0.6) is 0 Å². The Morgan fingerprint density at radius 3 is 2.31 bits per heavy atom. The van der Waals surface area contributed by atoms with E-state index in [9.17, 15) is 26.4 Å². The predicted molar refractivity (Wildman–Crippen MR) is 104 cm³/mol. The standard InChI is InChI=1S/C20H23F3N2O3S/c1-4-25(5-2)29(27,28)17-10-9-14(3)18(12-17)19(26)24-13-15-7-6-8-16(11-15)20(21,22)23/h6-12H,4-5,13H2,1-3H3,(H,24,26). The second-order valence-corrected chi connectivity index (χ2v) is 8.38. The van der Waals surface area contributed by atoms with Crippen LogP contribution < -0.4 is 5.32 Å². The highest BCUT2D eigenvalue weighted by molar-refractivity contribution is 7.89. The summed E-state index contributed by atoms with van der Waals surface area (Å²) in [5.41, 5.74) is 0.209. The smallest absolute Gasteiger partial charge is 0.348 e. The number of carbonyl (C=O) groups is 1. The molecule has 158 valence electrons. The van der Waals surface area contributed by atoms with Gasteiger partial charge in [0.2, 0.25) is 10.0 Å². The maximum absolute atomic E-state index is 12.8. The number of rotatable bonds is 7. The number of carbonyl (C=O) groups excluding carboxylic acids is 1. The Balaban J connectivity index is 2.24. The Morgan fingerprint density at radius 2 is 1.72 bits per heavy atom. The molecule has 2 aromatic carbocycles. The summed E-state index contributed by atoms with van der Waals surface area (Å²) >= 11 is 0. The lowest BCUT2D eigenvalue weighted by Gasteiger charge is -2.19. The number of hydrogen-bond acceptors (Lipinski definition) is 3. The molecule has 2 rings (SSSR count). The van der Waals surface area contributed by atoms with Crippen LogP contribution in [0.15, 0.2) is 47.4 Å². The van der Waals surface area contributed by atoms with Crippen LogP contribution >= 0.6 is 0 Å². The molecule has 9 heteroatoms. The predicted octanol–water partition coefficient (Wildman–Crippen LogP) is 3.97. The van der Waals surface area contributed by atoms with Gasteiger partial charge in [-0.05, 0) is 42.3 Å². The van der Waals surface area contributed by atoms with Crippen LogP contribution in [0.4, 0.5) is 13.2 Å². The fraction of sp³-hybridized carbons (Fsp3) is 0.350. The lowest BCUT2D eigenvalue weighted by Crippen LogP contribution is -2.31. The highest BCUT2D eigenvalue weighted by Crippen LogP contribution is 2.29. The van der Waals surface area contributed by atoms with Gasteiger partial charge in [-0.2, -0.15) is 17.5 Å². The molecule has 0 aliphatic carbocycles. The van der Waals surface area contributed by atoms with Crippen LogP contribution in [0, 0.1) is 6.92 Å². The van der Waals surface area contributed by atoms with E-state index in [1.165, 1.54) is 34.6 Å². The van der Waals surface area contributed by atoms with E-state index >= 15 is 0 Å². The molecule has 0 spiro atoms. The molecule has 5 nitrogen and oxygen atoms in total. The van der Waals surface area contributed by atoms with Crippen LogP contribution in [0.1, 0.15) is 40.9 Å². The molecule has 0 fully saturated rings. The molecule has 0 bridgehead atoms. The lowest BCUT2D eigenvalue weighted by molar-refractivity contribution is -0.137. The third-order valence-electron chi connectivity index (χ3n) is 4.50. The Hall–Kier alpha value is -2.39. The van der Waals surface area contributed by atoms with Crippen LogP contribution in [0.25, 0.3) is 0 Å². The first-order valence-corrected chi connectivity index (χ1v) is 10.5. The molecule has 0 aromatic heterocycles. The number of amides is 1. The lowest BCUT2D eigenvalue weighted by atomic mass is 10.1. The summed E-state index contributed by atoms with van der Waals surface area (Å²) < 4.78 is 65.1. The maximum Gasteiger partial charge on any atom is 0.416 e. The normalized spacial score (nSPS) is 12.2. The molecule has 0 radical (unpaired) electrons. The summed E-state index contributed by atoms with van der Waals surface area (Å²) in [6, 6.07) is 8.94. The first-order valence-electron chi connectivity index (χ1n) is 9.05. The Kier molecular flexibility index (Phi) is 7.07. The molecule has 0 atom stereocenters. The van der Waals surface area contributed by atoms with Crippen molar-refractivity contribution in [3.63, 3.8) is 0 Å². The van der Waals surface area contributed by atoms with Gasteiger partial charge in [0.15, 0.2) is 0 Å². The molecular weight excluding hydrogens is 405 g/mol. The van der Waals surface area contributed by atoms with E-state index < -0.39 is 27.7 Å². The van der Waals surface area contributed by atoms with Crippen molar-refractivity contribution in [1.82, 2.24) is 9.62 Å². The van der Waals surface area contributed by atoms with Gasteiger partial charge in [0, 0.05) is 25.2 Å². The number of nitrogens with zero attached hydrogens (tertiary/aromatic N) is 1. The minimum absolute atomic E-state index is 0.00369. The zero-order valence-electron chi connectivity index (χ0n) is 16.4. The van der Waals surface area contributed by atoms with E-state index in [2.05, 4.69) is 5.32 Å². The van der Waals surface area contributed by atoms with E-state index in [1.54, 1.807) is 20.8 Å². The zero-order valence-corrected chi connectivity index (χ0v) is 17.2. The van der Waals surface area contributed by atoms with Gasteiger partial charge in [0.1, 0.15) is 0 Å². The van der Waals surface area contributed by atoms with Crippen LogP contribution in [-0.4, -0.2) is 31.7 Å². The molecule has 29 heavy (non-hydrogen) atoms. The monoisotopic (exact) mass is 428 g/mol. The van der Waals surface area contributed by atoms with E-state index in [0.717, 1.165) is 12.1 Å². The minimum Gasteiger partial charge on any atom is -0.348 e. The van der Waals surface area contributed by atoms with E-state index in [4.69, 9.17) is 0 Å². The van der Waals surface area contributed by atoms with E-state index in [0.29, 0.717) is 18.7 Å². The fourth-order valence-electron chi connectivity index (χ4n) is 2.85. The summed E-state index contributed by atoms with van der Waals surface area (Å²) in [5, 5.41) is 2.56. The van der Waals surface area contributed by atoms with Gasteiger partial charge in [-0.3, -0.25) is 4.79 Å². The largest absolute Gasteiger partial charge is 0.416 e. The molecule has 0 saturated carbocycles. The molecule has 0 saturated heterocycles. The Bertz CT molecular complexity index is 985. The maximum atomic E-state index is 12.8. The van der Waals surface area contributed by atoms with Gasteiger partial charge in [-0.25, -0.2) is 8.42 Å². The molecule has 1 N–H and O–H groups in total. The summed E-state index contributed by atoms with van der Waals surface area (Å²) in [6.07, 6.45) is -4.47. The molecular formula is C20H23F3N2O3S. The first-order chi connectivity index (χ1) is 13.5. The Labute approximate surface area is 168 Å². The van der Waals surface area contributed by atoms with Gasteiger partial charge in [0.25, 0.3) is 5.91 Å². The molecule has 0 unspecified atom stereocenters. The second-order valence-electron chi connectivity index (χ2n) is 6.45. The van der Waals surface area contributed by atoms with Gasteiger partial charge in [0.05, 0.1) is 10.5 Å². The first kappa shape index (κ1) is 22.9. The van der Waals surface area contributed by atoms with Gasteiger partial charge < -0.3 is 5.32 Å². The number of halogens is 3. The number of aryl methyl sites for hydroxylation is 1. The van der Waals surface area contributed by atoms with Crippen molar-refractivity contribution >= 4 is 15.9 Å². The van der Waals surface area contributed by atoms with E-state index in [-0.39, 0.29) is 22.6 Å². The fourth-order valence-corrected chi connectivity index (χ4v) is 4.34. The summed E-state index contributed by atoms with van der Waals surface area (Å²) in [4.78, 5) is 12.6. The van der Waals surface area contributed by atoms with Gasteiger partial charge >= 0.3 is 6.18 Å². The summed E-state index contributed by atoms with van der Waals surface area (Å²) in [7, 11) is -3.73. The molecule has 2 aromatic rings. The third kappa shape index (κ3) is 5.36. The van der Waals surface area contributed by atoms with Crippen molar-refractivity contribution in [2.75, 3.05) is 13.1 Å². The number of benzene rings is 2. The molecule has 0 aliphatic rings. The number of alkyl halides is 3.